The number of hydrogen-bond donors (Lipinski definition) is 6. The van der Waals surface area contributed by atoms with Crippen LogP contribution in [-0.4, -0.2) is 82.1 Å². The molecule has 13 nitrogen and oxygen atoms in total. The van der Waals surface area contributed by atoms with Gasteiger partial charge in [-0.3, -0.25) is 14.6 Å². The van der Waals surface area contributed by atoms with Crippen LogP contribution in [0.5, 0.6) is 0 Å². The van der Waals surface area contributed by atoms with Crippen molar-refractivity contribution in [1.82, 2.24) is 5.32 Å². The average molecular weight is 703 g/mol. The van der Waals surface area contributed by atoms with Gasteiger partial charge in [0.05, 0.1) is 11.7 Å². The Labute approximate surface area is 295 Å². The fraction of sp³-hybridized carbons (Fsp3) is 0.811. The number of nitrogens with two attached hydrogens (primary N) is 2. The smallest absolute Gasteiger partial charge is 0.331 e. The number of cyclic esters (lactones) is 1. The lowest BCUT2D eigenvalue weighted by atomic mass is 9.42. The molecule has 4 fully saturated rings. The molecule has 1 amide bonds. The summed E-state index contributed by atoms with van der Waals surface area (Å²) in [6, 6.07) is -0.988. The highest BCUT2D eigenvalue weighted by Gasteiger charge is 2.70. The molecule has 0 spiro atoms. The number of carbonyl (C=O) groups excluding carboxylic acids is 3. The fourth-order valence-electron chi connectivity index (χ4n) is 10.8. The van der Waals surface area contributed by atoms with Crippen molar-refractivity contribution in [3.05, 3.63) is 11.6 Å². The van der Waals surface area contributed by atoms with Gasteiger partial charge in [0.15, 0.2) is 5.96 Å². The van der Waals surface area contributed by atoms with Gasteiger partial charge in [0, 0.05) is 30.9 Å². The molecule has 0 aromatic heterocycles. The Morgan fingerprint density at radius 2 is 1.80 bits per heavy atom. The van der Waals surface area contributed by atoms with E-state index in [1.54, 1.807) is 6.08 Å². The van der Waals surface area contributed by atoms with Gasteiger partial charge < -0.3 is 41.6 Å². The number of ether oxygens (including phenoxy) is 2. The number of unbranched alkanes of at least 4 members (excludes halogenated alkanes) is 3. The number of carbonyl (C=O) groups is 4. The Bertz CT molecular complexity index is 1350. The number of rotatable bonds is 15. The van der Waals surface area contributed by atoms with Crippen LogP contribution in [-0.2, 0) is 28.7 Å². The van der Waals surface area contributed by atoms with E-state index in [0.29, 0.717) is 51.0 Å². The standard InChI is InChI=1S/C37H58N4O9/c1-35-15-13-24(50-30(44)10-6-4-3-5-9-29(43)41-27(33(46)47)8-7-17-40-34(38)39)19-23(35)11-12-26-32(35)28(42)20-36(2)25(14-16-37(26,36)48)22-18-31(45)49-21-22/h18,23-28,32,42,48H,3-17,19-21H2,1-2H3,(H,41,43)(H,46,47)(H4,38,39,40)/t23?,24-,25+,26+,27-,28?,32+,35-,36+,37-/m0/s1. The molecule has 0 aromatic rings. The van der Waals surface area contributed by atoms with Gasteiger partial charge in [0.2, 0.25) is 5.91 Å². The second-order valence-electron chi connectivity index (χ2n) is 16.2. The van der Waals surface area contributed by atoms with Gasteiger partial charge in [0.25, 0.3) is 0 Å². The maximum absolute atomic E-state index is 12.8. The number of aliphatic hydroxyl groups excluding tert-OH is 1. The highest BCUT2D eigenvalue weighted by Crippen LogP contribution is 2.70. The zero-order valence-corrected chi connectivity index (χ0v) is 29.7. The van der Waals surface area contributed by atoms with Crippen LogP contribution < -0.4 is 16.8 Å². The fourth-order valence-corrected chi connectivity index (χ4v) is 10.8. The van der Waals surface area contributed by atoms with Gasteiger partial charge in [0.1, 0.15) is 18.8 Å². The van der Waals surface area contributed by atoms with Crippen LogP contribution in [0, 0.1) is 34.5 Å². The number of amides is 1. The molecule has 4 saturated carbocycles. The molecule has 50 heavy (non-hydrogen) atoms. The Kier molecular flexibility index (Phi) is 11.9. The van der Waals surface area contributed by atoms with Gasteiger partial charge in [-0.15, -0.1) is 0 Å². The van der Waals surface area contributed by atoms with E-state index in [9.17, 15) is 34.5 Å². The lowest BCUT2D eigenvalue weighted by Gasteiger charge is -2.65. The van der Waals surface area contributed by atoms with E-state index in [4.69, 9.17) is 20.9 Å². The molecule has 0 saturated heterocycles. The summed E-state index contributed by atoms with van der Waals surface area (Å²) >= 11 is 0. The monoisotopic (exact) mass is 702 g/mol. The molecule has 4 aliphatic carbocycles. The Morgan fingerprint density at radius 3 is 2.48 bits per heavy atom. The number of hydrogen-bond acceptors (Lipinski definition) is 9. The lowest BCUT2D eigenvalue weighted by Crippen LogP contribution is -2.66. The van der Waals surface area contributed by atoms with Crippen molar-refractivity contribution < 1.29 is 44.0 Å². The van der Waals surface area contributed by atoms with Crippen molar-refractivity contribution in [2.45, 2.75) is 140 Å². The van der Waals surface area contributed by atoms with Gasteiger partial charge in [-0.1, -0.05) is 26.7 Å². The predicted molar refractivity (Wildman–Crippen MR) is 184 cm³/mol. The molecule has 1 aliphatic heterocycles. The largest absolute Gasteiger partial charge is 0.480 e. The van der Waals surface area contributed by atoms with Crippen LogP contribution in [0.3, 0.4) is 0 Å². The Balaban J connectivity index is 1.03. The molecule has 0 radical (unpaired) electrons. The Hall–Kier alpha value is -3.19. The van der Waals surface area contributed by atoms with E-state index in [-0.39, 0.29) is 72.5 Å². The molecule has 1 heterocycles. The summed E-state index contributed by atoms with van der Waals surface area (Å²) in [7, 11) is 0. The van der Waals surface area contributed by atoms with Gasteiger partial charge in [-0.2, -0.15) is 0 Å². The molecule has 0 bridgehead atoms. The summed E-state index contributed by atoms with van der Waals surface area (Å²) in [5.74, 6) is -1.74. The van der Waals surface area contributed by atoms with E-state index in [1.807, 2.05) is 0 Å². The molecule has 5 aliphatic rings. The number of carboxylic acid groups (broad SMARTS) is 1. The zero-order valence-electron chi connectivity index (χ0n) is 29.7. The number of fused-ring (bicyclic) bond motifs is 5. The highest BCUT2D eigenvalue weighted by molar-refractivity contribution is 5.85. The third kappa shape index (κ3) is 7.83. The topological polar surface area (TPSA) is 224 Å². The summed E-state index contributed by atoms with van der Waals surface area (Å²) in [4.78, 5) is 52.2. The number of guanidine groups is 1. The molecule has 0 aromatic carbocycles. The lowest BCUT2D eigenvalue weighted by molar-refractivity contribution is -0.243. The molecule has 280 valence electrons. The molecular formula is C37H58N4O9. The van der Waals surface area contributed by atoms with E-state index in [2.05, 4.69) is 24.2 Å². The van der Waals surface area contributed by atoms with Crippen LogP contribution in [0.25, 0.3) is 0 Å². The van der Waals surface area contributed by atoms with Crippen LogP contribution in [0.1, 0.15) is 117 Å². The summed E-state index contributed by atoms with van der Waals surface area (Å²) in [5.41, 5.74) is 9.92. The number of carboxylic acids is 1. The van der Waals surface area contributed by atoms with Crippen molar-refractivity contribution in [3.8, 4) is 0 Å². The number of aliphatic carboxylic acids is 1. The average Bonchev–Trinajstić information content (AvgIpc) is 3.59. The first-order valence-electron chi connectivity index (χ1n) is 18.7. The predicted octanol–water partition coefficient (Wildman–Crippen LogP) is 3.09. The van der Waals surface area contributed by atoms with Gasteiger partial charge in [-0.05, 0) is 112 Å². The highest BCUT2D eigenvalue weighted by atomic mass is 16.5. The van der Waals surface area contributed by atoms with Crippen LogP contribution in [0.2, 0.25) is 0 Å². The first kappa shape index (κ1) is 38.1. The van der Waals surface area contributed by atoms with Crippen LogP contribution in [0.15, 0.2) is 16.6 Å². The Morgan fingerprint density at radius 1 is 1.06 bits per heavy atom. The SMILES string of the molecule is C[C@]12CC[C@H](OC(=O)CCCCCCC(=O)N[C@@H](CCCN=C(N)N)C(=O)O)CC1CC[C@@H]1[C@@H]2C(O)C[C@]2(C)[C@@H](C3=CC(=O)OC3)CC[C@]12O. The maximum Gasteiger partial charge on any atom is 0.331 e. The van der Waals surface area contributed by atoms with Crippen LogP contribution >= 0.6 is 0 Å². The van der Waals surface area contributed by atoms with Crippen LogP contribution in [0.4, 0.5) is 0 Å². The molecular weight excluding hydrogens is 644 g/mol. The number of nitrogens with zero attached hydrogens (tertiary/aromatic N) is 1. The molecule has 2 unspecified atom stereocenters. The molecule has 5 rings (SSSR count). The van der Waals surface area contributed by atoms with E-state index < -0.39 is 29.1 Å². The molecule has 8 N–H and O–H groups in total. The summed E-state index contributed by atoms with van der Waals surface area (Å²) < 4.78 is 11.2. The first-order valence-corrected chi connectivity index (χ1v) is 18.7. The van der Waals surface area contributed by atoms with Crippen molar-refractivity contribution in [2.75, 3.05) is 13.2 Å². The van der Waals surface area contributed by atoms with Gasteiger partial charge >= 0.3 is 17.9 Å². The first-order chi connectivity index (χ1) is 23.7. The minimum atomic E-state index is -1.10. The third-order valence-electron chi connectivity index (χ3n) is 13.3. The summed E-state index contributed by atoms with van der Waals surface area (Å²) in [6.07, 6.45) is 10.9. The summed E-state index contributed by atoms with van der Waals surface area (Å²) in [5, 5.41) is 36.2. The van der Waals surface area contributed by atoms with Crippen molar-refractivity contribution in [3.63, 3.8) is 0 Å². The number of aliphatic hydroxyl groups is 2. The summed E-state index contributed by atoms with van der Waals surface area (Å²) in [6.45, 7) is 4.95. The van der Waals surface area contributed by atoms with Crippen molar-refractivity contribution >= 4 is 29.8 Å². The second kappa shape index (κ2) is 15.6. The number of esters is 2. The van der Waals surface area contributed by atoms with Gasteiger partial charge in [-0.25, -0.2) is 9.59 Å². The second-order valence-corrected chi connectivity index (χ2v) is 16.2. The van der Waals surface area contributed by atoms with E-state index in [0.717, 1.165) is 56.9 Å². The zero-order chi connectivity index (χ0) is 36.3. The minimum Gasteiger partial charge on any atom is -0.480 e. The van der Waals surface area contributed by atoms with E-state index >= 15 is 0 Å². The van der Waals surface area contributed by atoms with E-state index in [1.165, 1.54) is 0 Å². The normalized spacial score (nSPS) is 36.6. The third-order valence-corrected chi connectivity index (χ3v) is 13.3. The quantitative estimate of drug-likeness (QED) is 0.0629. The minimum absolute atomic E-state index is 0.0191. The van der Waals surface area contributed by atoms with Crippen molar-refractivity contribution in [1.29, 1.82) is 0 Å². The maximum atomic E-state index is 12.8. The number of aliphatic imine (C=N–C) groups is 1. The number of nitrogens with one attached hydrogen (secondary N) is 1. The van der Waals surface area contributed by atoms with Crippen molar-refractivity contribution in [2.24, 2.45) is 51.0 Å². The molecule has 10 atom stereocenters. The molecule has 13 heteroatoms.